The Morgan fingerprint density at radius 2 is 2.36 bits per heavy atom. The Bertz CT molecular complexity index is 146. The van der Waals surface area contributed by atoms with Crippen molar-refractivity contribution in [2.75, 3.05) is 13.1 Å². The van der Waals surface area contributed by atoms with Gasteiger partial charge in [-0.25, -0.2) is 0 Å². The van der Waals surface area contributed by atoms with Gasteiger partial charge in [0.15, 0.2) is 0 Å². The number of nitrogens with two attached hydrogens (primary N) is 1. The normalized spacial score (nSPS) is 44.7. The molecule has 2 fully saturated rings. The maximum absolute atomic E-state index is 5.84. The summed E-state index contributed by atoms with van der Waals surface area (Å²) in [5.41, 5.74) is 5.84. The van der Waals surface area contributed by atoms with Crippen molar-refractivity contribution < 1.29 is 0 Å². The maximum Gasteiger partial charge on any atom is 0.0180 e. The van der Waals surface area contributed by atoms with Gasteiger partial charge in [-0.2, -0.15) is 0 Å². The number of likely N-dealkylation sites (tertiary alicyclic amines) is 1. The molecule has 0 amide bonds. The maximum atomic E-state index is 5.84. The first-order chi connectivity index (χ1) is 5.31. The molecular weight excluding hydrogens is 136 g/mol. The Balaban J connectivity index is 1.80. The van der Waals surface area contributed by atoms with Gasteiger partial charge in [0, 0.05) is 25.2 Å². The highest BCUT2D eigenvalue weighted by Gasteiger charge is 2.41. The predicted octanol–water partition coefficient (Wildman–Crippen LogP) is 0.818. The summed E-state index contributed by atoms with van der Waals surface area (Å²) in [6, 6.07) is 1.38. The molecule has 1 aliphatic heterocycles. The van der Waals surface area contributed by atoms with E-state index in [9.17, 15) is 0 Å². The van der Waals surface area contributed by atoms with Crippen LogP contribution in [0.15, 0.2) is 0 Å². The molecule has 1 saturated carbocycles. The van der Waals surface area contributed by atoms with Gasteiger partial charge in [-0.1, -0.05) is 13.3 Å². The van der Waals surface area contributed by atoms with Crippen LogP contribution in [0.25, 0.3) is 0 Å². The van der Waals surface area contributed by atoms with E-state index in [-0.39, 0.29) is 0 Å². The third-order valence-electron chi connectivity index (χ3n) is 3.13. The van der Waals surface area contributed by atoms with Crippen LogP contribution in [-0.2, 0) is 0 Å². The van der Waals surface area contributed by atoms with E-state index in [0.717, 1.165) is 18.5 Å². The summed E-state index contributed by atoms with van der Waals surface area (Å²) in [6.07, 6.45) is 4.01. The lowest BCUT2D eigenvalue weighted by molar-refractivity contribution is 0.307. The lowest BCUT2D eigenvalue weighted by Crippen LogP contribution is -2.28. The Hall–Kier alpha value is -0.0800. The molecule has 2 N–H and O–H groups in total. The first-order valence-electron chi connectivity index (χ1n) is 4.81. The summed E-state index contributed by atoms with van der Waals surface area (Å²) in [7, 11) is 0. The van der Waals surface area contributed by atoms with E-state index in [1.807, 2.05) is 0 Å². The Morgan fingerprint density at radius 3 is 2.82 bits per heavy atom. The van der Waals surface area contributed by atoms with E-state index in [2.05, 4.69) is 11.8 Å². The van der Waals surface area contributed by atoms with Crippen LogP contribution < -0.4 is 5.73 Å². The minimum Gasteiger partial charge on any atom is -0.326 e. The molecule has 0 spiro atoms. The summed E-state index contributed by atoms with van der Waals surface area (Å²) >= 11 is 0. The van der Waals surface area contributed by atoms with E-state index in [4.69, 9.17) is 5.73 Å². The molecule has 0 aromatic carbocycles. The van der Waals surface area contributed by atoms with Gasteiger partial charge in [0.2, 0.25) is 0 Å². The van der Waals surface area contributed by atoms with Crippen molar-refractivity contribution in [2.24, 2.45) is 11.7 Å². The molecule has 0 aromatic rings. The van der Waals surface area contributed by atoms with Crippen molar-refractivity contribution in [3.8, 4) is 0 Å². The molecule has 3 atom stereocenters. The Morgan fingerprint density at radius 1 is 1.55 bits per heavy atom. The zero-order chi connectivity index (χ0) is 7.84. The molecule has 0 bridgehead atoms. The fourth-order valence-electron chi connectivity index (χ4n) is 2.23. The molecule has 0 aromatic heterocycles. The molecule has 2 heteroatoms. The Kier molecular flexibility index (Phi) is 1.90. The molecule has 0 radical (unpaired) electrons. The van der Waals surface area contributed by atoms with E-state index < -0.39 is 0 Å². The molecule has 1 saturated heterocycles. The van der Waals surface area contributed by atoms with Crippen molar-refractivity contribution >= 4 is 0 Å². The second kappa shape index (κ2) is 2.76. The van der Waals surface area contributed by atoms with Crippen molar-refractivity contribution in [1.29, 1.82) is 0 Å². The van der Waals surface area contributed by atoms with Crippen molar-refractivity contribution in [1.82, 2.24) is 4.90 Å². The van der Waals surface area contributed by atoms with Crippen LogP contribution in [-0.4, -0.2) is 30.1 Å². The van der Waals surface area contributed by atoms with Gasteiger partial charge < -0.3 is 5.73 Å². The highest BCUT2D eigenvalue weighted by molar-refractivity contribution is 4.97. The third-order valence-corrected chi connectivity index (χ3v) is 3.13. The molecule has 3 unspecified atom stereocenters. The van der Waals surface area contributed by atoms with Gasteiger partial charge in [0.1, 0.15) is 0 Å². The monoisotopic (exact) mass is 154 g/mol. The van der Waals surface area contributed by atoms with Crippen LogP contribution in [0.3, 0.4) is 0 Å². The lowest BCUT2D eigenvalue weighted by Gasteiger charge is -2.14. The second-order valence-electron chi connectivity index (χ2n) is 4.02. The minimum atomic E-state index is 0.466. The number of hydrogen-bond donors (Lipinski definition) is 1. The first kappa shape index (κ1) is 7.56. The van der Waals surface area contributed by atoms with Gasteiger partial charge in [-0.15, -0.1) is 0 Å². The van der Waals surface area contributed by atoms with Crippen LogP contribution in [0.5, 0.6) is 0 Å². The quantitative estimate of drug-likeness (QED) is 0.638. The van der Waals surface area contributed by atoms with Crippen LogP contribution in [0.2, 0.25) is 0 Å². The molecule has 2 aliphatic rings. The van der Waals surface area contributed by atoms with Crippen molar-refractivity contribution in [3.05, 3.63) is 0 Å². The SMILES string of the molecule is CCC1CC1N1CCC(N)C1. The fourth-order valence-corrected chi connectivity index (χ4v) is 2.23. The fraction of sp³-hybridized carbons (Fsp3) is 1.00. The summed E-state index contributed by atoms with van der Waals surface area (Å²) in [4.78, 5) is 2.58. The minimum absolute atomic E-state index is 0.466. The molecular formula is C9H18N2. The van der Waals surface area contributed by atoms with Crippen molar-refractivity contribution in [3.63, 3.8) is 0 Å². The Labute approximate surface area is 68.7 Å². The van der Waals surface area contributed by atoms with E-state index in [0.29, 0.717) is 6.04 Å². The summed E-state index contributed by atoms with van der Waals surface area (Å²) in [5, 5.41) is 0. The van der Waals surface area contributed by atoms with Gasteiger partial charge >= 0.3 is 0 Å². The zero-order valence-electron chi connectivity index (χ0n) is 7.29. The summed E-state index contributed by atoms with van der Waals surface area (Å²) < 4.78 is 0. The van der Waals surface area contributed by atoms with E-state index in [1.165, 1.54) is 25.8 Å². The lowest BCUT2D eigenvalue weighted by atomic mass is 10.3. The van der Waals surface area contributed by atoms with E-state index >= 15 is 0 Å². The standard InChI is InChI=1S/C9H18N2/c1-2-7-5-9(7)11-4-3-8(10)6-11/h7-9H,2-6,10H2,1H3. The molecule has 1 heterocycles. The number of nitrogens with zero attached hydrogens (tertiary/aromatic N) is 1. The average molecular weight is 154 g/mol. The molecule has 11 heavy (non-hydrogen) atoms. The molecule has 2 nitrogen and oxygen atoms in total. The first-order valence-corrected chi connectivity index (χ1v) is 4.81. The van der Waals surface area contributed by atoms with Crippen LogP contribution in [0.1, 0.15) is 26.2 Å². The third kappa shape index (κ3) is 1.42. The molecule has 64 valence electrons. The predicted molar refractivity (Wildman–Crippen MR) is 46.4 cm³/mol. The van der Waals surface area contributed by atoms with Crippen LogP contribution in [0, 0.1) is 5.92 Å². The number of rotatable bonds is 2. The van der Waals surface area contributed by atoms with Gasteiger partial charge in [0.05, 0.1) is 0 Å². The van der Waals surface area contributed by atoms with E-state index in [1.54, 1.807) is 0 Å². The second-order valence-corrected chi connectivity index (χ2v) is 4.02. The van der Waals surface area contributed by atoms with Crippen molar-refractivity contribution in [2.45, 2.75) is 38.3 Å². The smallest absolute Gasteiger partial charge is 0.0180 e. The number of hydrogen-bond acceptors (Lipinski definition) is 2. The average Bonchev–Trinajstić information content (AvgIpc) is 2.68. The topological polar surface area (TPSA) is 29.3 Å². The van der Waals surface area contributed by atoms with Gasteiger partial charge in [0.25, 0.3) is 0 Å². The highest BCUT2D eigenvalue weighted by Crippen LogP contribution is 2.39. The molecule has 2 rings (SSSR count). The van der Waals surface area contributed by atoms with Gasteiger partial charge in [-0.3, -0.25) is 4.90 Å². The van der Waals surface area contributed by atoms with Gasteiger partial charge in [-0.05, 0) is 18.8 Å². The van der Waals surface area contributed by atoms with Crippen LogP contribution in [0.4, 0.5) is 0 Å². The summed E-state index contributed by atoms with van der Waals surface area (Å²) in [5.74, 6) is 1.00. The largest absolute Gasteiger partial charge is 0.326 e. The molecule has 1 aliphatic carbocycles. The van der Waals surface area contributed by atoms with Crippen LogP contribution >= 0.6 is 0 Å². The zero-order valence-corrected chi connectivity index (χ0v) is 7.29. The summed E-state index contributed by atoms with van der Waals surface area (Å²) in [6.45, 7) is 4.70. The highest BCUT2D eigenvalue weighted by atomic mass is 15.2.